The molecule has 1 aromatic rings. The van der Waals surface area contributed by atoms with Crippen LogP contribution in [0.3, 0.4) is 0 Å². The second kappa shape index (κ2) is 6.06. The third-order valence-corrected chi connectivity index (χ3v) is 3.85. The number of ether oxygens (including phenoxy) is 1. The molecule has 0 saturated carbocycles. The number of benzene rings is 1. The van der Waals surface area contributed by atoms with Crippen LogP contribution < -0.4 is 4.74 Å². The first-order valence-electron chi connectivity index (χ1n) is 6.60. The molecule has 1 fully saturated rings. The molecule has 2 nitrogen and oxygen atoms in total. The van der Waals surface area contributed by atoms with E-state index in [1.165, 1.54) is 37.9 Å². The lowest BCUT2D eigenvalue weighted by atomic mass is 9.90. The molecule has 17 heavy (non-hydrogen) atoms. The third-order valence-electron chi connectivity index (χ3n) is 3.85. The zero-order chi connectivity index (χ0) is 12.1. The lowest BCUT2D eigenvalue weighted by Crippen LogP contribution is -2.30. The predicted octanol–water partition coefficient (Wildman–Crippen LogP) is 2.97. The quantitative estimate of drug-likeness (QED) is 0.792. The molecule has 1 heterocycles. The first-order valence-corrected chi connectivity index (χ1v) is 6.60. The van der Waals surface area contributed by atoms with E-state index in [4.69, 9.17) is 4.74 Å². The molecular weight excluding hydrogens is 210 g/mol. The summed E-state index contributed by atoms with van der Waals surface area (Å²) in [4.78, 5) is 2.43. The Kier molecular flexibility index (Phi) is 4.43. The zero-order valence-corrected chi connectivity index (χ0v) is 11.0. The van der Waals surface area contributed by atoms with Crippen molar-refractivity contribution in [1.29, 1.82) is 0 Å². The second-order valence-corrected chi connectivity index (χ2v) is 5.10. The van der Waals surface area contributed by atoms with E-state index in [0.717, 1.165) is 18.1 Å². The van der Waals surface area contributed by atoms with Gasteiger partial charge >= 0.3 is 0 Å². The van der Waals surface area contributed by atoms with Crippen molar-refractivity contribution < 1.29 is 4.74 Å². The van der Waals surface area contributed by atoms with Crippen LogP contribution in [0.4, 0.5) is 0 Å². The number of nitrogens with zero attached hydrogens (tertiary/aromatic N) is 1. The van der Waals surface area contributed by atoms with E-state index < -0.39 is 0 Å². The van der Waals surface area contributed by atoms with Gasteiger partial charge in [-0.15, -0.1) is 0 Å². The first-order chi connectivity index (χ1) is 8.29. The summed E-state index contributed by atoms with van der Waals surface area (Å²) in [5, 5.41) is 0. The molecule has 1 aliphatic heterocycles. The monoisotopic (exact) mass is 233 g/mol. The van der Waals surface area contributed by atoms with Gasteiger partial charge in [0.2, 0.25) is 0 Å². The summed E-state index contributed by atoms with van der Waals surface area (Å²) in [6.45, 7) is 2.52. The summed E-state index contributed by atoms with van der Waals surface area (Å²) in [6.07, 6.45) is 5.16. The fraction of sp³-hybridized carbons (Fsp3) is 0.600. The number of likely N-dealkylation sites (tertiary alicyclic amines) is 1. The maximum absolute atomic E-state index is 5.39. The fourth-order valence-electron chi connectivity index (χ4n) is 2.62. The molecule has 2 heteroatoms. The lowest BCUT2D eigenvalue weighted by Gasteiger charge is -2.29. The highest BCUT2D eigenvalue weighted by atomic mass is 16.5. The Bertz CT molecular complexity index is 343. The van der Waals surface area contributed by atoms with E-state index in [2.05, 4.69) is 30.1 Å². The minimum absolute atomic E-state index is 0.899. The molecule has 0 aliphatic carbocycles. The summed E-state index contributed by atoms with van der Waals surface area (Å²) in [7, 11) is 3.98. The molecule has 94 valence electrons. The molecule has 1 aliphatic rings. The number of hydrogen-bond donors (Lipinski definition) is 0. The predicted molar refractivity (Wildman–Crippen MR) is 71.5 cm³/mol. The van der Waals surface area contributed by atoms with Crippen molar-refractivity contribution in [2.45, 2.75) is 25.7 Å². The first kappa shape index (κ1) is 12.4. The van der Waals surface area contributed by atoms with Crippen LogP contribution in [0, 0.1) is 5.92 Å². The van der Waals surface area contributed by atoms with Gasteiger partial charge in [-0.2, -0.15) is 0 Å². The van der Waals surface area contributed by atoms with Crippen LogP contribution in [0.5, 0.6) is 5.75 Å². The molecule has 1 saturated heterocycles. The Balaban J connectivity index is 1.85. The van der Waals surface area contributed by atoms with Gasteiger partial charge in [0.25, 0.3) is 0 Å². The average Bonchev–Trinajstić information content (AvgIpc) is 2.38. The average molecular weight is 233 g/mol. The van der Waals surface area contributed by atoms with E-state index in [-0.39, 0.29) is 0 Å². The van der Waals surface area contributed by atoms with Crippen molar-refractivity contribution in [3.63, 3.8) is 0 Å². The van der Waals surface area contributed by atoms with E-state index in [0.29, 0.717) is 0 Å². The Morgan fingerprint density at radius 1 is 1.24 bits per heavy atom. The standard InChI is InChI=1S/C15H23NO/c1-16-11-9-13(10-12-16)7-8-14-5-3-4-6-15(14)17-2/h3-6,13H,7-12H2,1-2H3. The van der Waals surface area contributed by atoms with Crippen LogP contribution in [-0.4, -0.2) is 32.1 Å². The highest BCUT2D eigenvalue weighted by Gasteiger charge is 2.16. The van der Waals surface area contributed by atoms with Gasteiger partial charge in [0.15, 0.2) is 0 Å². The molecule has 0 amide bonds. The molecule has 0 N–H and O–H groups in total. The van der Waals surface area contributed by atoms with Crippen molar-refractivity contribution >= 4 is 0 Å². The van der Waals surface area contributed by atoms with Gasteiger partial charge < -0.3 is 9.64 Å². The highest BCUT2D eigenvalue weighted by molar-refractivity contribution is 5.33. The van der Waals surface area contributed by atoms with Gasteiger partial charge in [-0.3, -0.25) is 0 Å². The van der Waals surface area contributed by atoms with Crippen molar-refractivity contribution in [3.8, 4) is 5.75 Å². The molecule has 0 radical (unpaired) electrons. The number of para-hydroxylation sites is 1. The van der Waals surface area contributed by atoms with Crippen molar-refractivity contribution in [1.82, 2.24) is 4.90 Å². The molecule has 0 bridgehead atoms. The molecule has 0 aromatic heterocycles. The summed E-state index contributed by atoms with van der Waals surface area (Å²) in [5.41, 5.74) is 1.36. The molecule has 0 spiro atoms. The molecule has 0 atom stereocenters. The van der Waals surface area contributed by atoms with Crippen LogP contribution in [0.25, 0.3) is 0 Å². The maximum atomic E-state index is 5.39. The van der Waals surface area contributed by atoms with Crippen LogP contribution in [-0.2, 0) is 6.42 Å². The Labute approximate surface area is 105 Å². The van der Waals surface area contributed by atoms with E-state index in [1.54, 1.807) is 7.11 Å². The van der Waals surface area contributed by atoms with Gasteiger partial charge in [0.1, 0.15) is 5.75 Å². The van der Waals surface area contributed by atoms with Gasteiger partial charge in [-0.25, -0.2) is 0 Å². The van der Waals surface area contributed by atoms with Gasteiger partial charge in [-0.1, -0.05) is 18.2 Å². The topological polar surface area (TPSA) is 12.5 Å². The van der Waals surface area contributed by atoms with Gasteiger partial charge in [-0.05, 0) is 63.4 Å². The number of piperidine rings is 1. The summed E-state index contributed by atoms with van der Waals surface area (Å²) >= 11 is 0. The van der Waals surface area contributed by atoms with Crippen molar-refractivity contribution in [2.24, 2.45) is 5.92 Å². The Morgan fingerprint density at radius 2 is 1.94 bits per heavy atom. The maximum Gasteiger partial charge on any atom is 0.122 e. The smallest absolute Gasteiger partial charge is 0.122 e. The van der Waals surface area contributed by atoms with E-state index in [1.807, 2.05) is 6.07 Å². The summed E-state index contributed by atoms with van der Waals surface area (Å²) in [5.74, 6) is 1.94. The van der Waals surface area contributed by atoms with E-state index >= 15 is 0 Å². The largest absolute Gasteiger partial charge is 0.496 e. The van der Waals surface area contributed by atoms with Crippen LogP contribution in [0.1, 0.15) is 24.8 Å². The van der Waals surface area contributed by atoms with Gasteiger partial charge in [0, 0.05) is 0 Å². The molecule has 1 aromatic carbocycles. The SMILES string of the molecule is COc1ccccc1CCC1CCN(C)CC1. The van der Waals surface area contributed by atoms with Crippen molar-refractivity contribution in [3.05, 3.63) is 29.8 Å². The number of rotatable bonds is 4. The highest BCUT2D eigenvalue weighted by Crippen LogP contribution is 2.25. The number of methoxy groups -OCH3 is 1. The number of hydrogen-bond acceptors (Lipinski definition) is 2. The van der Waals surface area contributed by atoms with E-state index in [9.17, 15) is 0 Å². The number of aryl methyl sites for hydroxylation is 1. The van der Waals surface area contributed by atoms with Crippen LogP contribution in [0.15, 0.2) is 24.3 Å². The molecule has 2 rings (SSSR count). The molecular formula is C15H23NO. The van der Waals surface area contributed by atoms with Gasteiger partial charge in [0.05, 0.1) is 7.11 Å². The Hall–Kier alpha value is -1.02. The summed E-state index contributed by atoms with van der Waals surface area (Å²) in [6, 6.07) is 8.39. The minimum atomic E-state index is 0.899. The van der Waals surface area contributed by atoms with Crippen LogP contribution in [0.2, 0.25) is 0 Å². The van der Waals surface area contributed by atoms with Crippen LogP contribution >= 0.6 is 0 Å². The third kappa shape index (κ3) is 3.47. The Morgan fingerprint density at radius 3 is 2.65 bits per heavy atom. The van der Waals surface area contributed by atoms with Crippen molar-refractivity contribution in [2.75, 3.05) is 27.2 Å². The minimum Gasteiger partial charge on any atom is -0.496 e. The summed E-state index contributed by atoms with van der Waals surface area (Å²) < 4.78 is 5.39. The normalized spacial score (nSPS) is 18.2. The zero-order valence-electron chi connectivity index (χ0n) is 11.0. The molecule has 0 unspecified atom stereocenters. The second-order valence-electron chi connectivity index (χ2n) is 5.10. The lowest BCUT2D eigenvalue weighted by molar-refractivity contribution is 0.212. The fourth-order valence-corrected chi connectivity index (χ4v) is 2.62.